The van der Waals surface area contributed by atoms with Gasteiger partial charge in [0.15, 0.2) is 0 Å². The van der Waals surface area contributed by atoms with E-state index in [0.717, 1.165) is 17.9 Å². The average Bonchev–Trinajstić information content (AvgIpc) is 2.54. The summed E-state index contributed by atoms with van der Waals surface area (Å²) in [4.78, 5) is 0. The lowest BCUT2D eigenvalue weighted by Crippen LogP contribution is -2.19. The van der Waals surface area contributed by atoms with Gasteiger partial charge in [-0.1, -0.05) is 45.7 Å². The van der Waals surface area contributed by atoms with Crippen LogP contribution in [0.15, 0.2) is 24.3 Å². The molecule has 1 rings (SSSR count). The van der Waals surface area contributed by atoms with Crippen LogP contribution in [0, 0.1) is 11.8 Å². The van der Waals surface area contributed by atoms with Crippen LogP contribution in [0.3, 0.4) is 0 Å². The monoisotopic (exact) mass is 419 g/mol. The van der Waals surface area contributed by atoms with Crippen molar-refractivity contribution in [2.45, 2.75) is 52.6 Å². The molecule has 0 aliphatic carbocycles. The minimum atomic E-state index is 0.0104. The third-order valence-corrected chi connectivity index (χ3v) is 4.60. The Morgan fingerprint density at radius 1 is 1.18 bits per heavy atom. The van der Waals surface area contributed by atoms with Gasteiger partial charge in [0.05, 0.1) is 12.7 Å². The number of nitrogens with two attached hydrogens (primary N) is 1. The lowest BCUT2D eigenvalue weighted by atomic mass is 9.97. The zero-order chi connectivity index (χ0) is 16.4. The quantitative estimate of drug-likeness (QED) is 0.496. The minimum absolute atomic E-state index is 0.0104. The van der Waals surface area contributed by atoms with Crippen molar-refractivity contribution in [1.29, 1.82) is 0 Å². The van der Waals surface area contributed by atoms with Gasteiger partial charge in [-0.15, -0.1) is 0 Å². The van der Waals surface area contributed by atoms with Crippen LogP contribution in [-0.4, -0.2) is 13.2 Å². The fourth-order valence-electron chi connectivity index (χ4n) is 2.71. The van der Waals surface area contributed by atoms with Crippen LogP contribution in [0.5, 0.6) is 5.75 Å². The average molecular weight is 419 g/mol. The number of halogens is 1. The van der Waals surface area contributed by atoms with Gasteiger partial charge in [0.25, 0.3) is 0 Å². The van der Waals surface area contributed by atoms with E-state index in [4.69, 9.17) is 13.5 Å². The molecule has 0 radical (unpaired) electrons. The van der Waals surface area contributed by atoms with E-state index in [9.17, 15) is 0 Å². The first kappa shape index (κ1) is 19.7. The molecule has 0 spiro atoms. The summed E-state index contributed by atoms with van der Waals surface area (Å²) in [6.45, 7) is 7.98. The van der Waals surface area contributed by atoms with Crippen molar-refractivity contribution in [3.63, 3.8) is 0 Å². The molecular weight excluding hydrogens is 389 g/mol. The minimum Gasteiger partial charge on any atom is -0.493 e. The summed E-state index contributed by atoms with van der Waals surface area (Å²) < 4.78 is 11.6. The molecular formula is C18H30INO2. The lowest BCUT2D eigenvalue weighted by molar-refractivity contribution is 0.208. The van der Waals surface area contributed by atoms with E-state index in [1.54, 1.807) is 0 Å². The standard InChI is InChI=1S/C18H30INO2/c1-4-7-15(8-5-2)13-21-17-10-6-9-16(11-17)18(22-19)14(3)12-20/h6,9-11,14-15,18H,4-5,7-8,12-13,20H2,1-3H3/t14-,18-/m1/s1. The molecule has 0 saturated heterocycles. The van der Waals surface area contributed by atoms with Gasteiger partial charge in [0.1, 0.15) is 28.8 Å². The van der Waals surface area contributed by atoms with E-state index in [0.29, 0.717) is 12.5 Å². The zero-order valence-electron chi connectivity index (χ0n) is 14.1. The van der Waals surface area contributed by atoms with Crippen molar-refractivity contribution in [1.82, 2.24) is 0 Å². The van der Waals surface area contributed by atoms with Crippen molar-refractivity contribution in [3.05, 3.63) is 29.8 Å². The molecule has 0 bridgehead atoms. The van der Waals surface area contributed by atoms with E-state index in [-0.39, 0.29) is 12.0 Å². The number of hydrogen-bond donors (Lipinski definition) is 1. The maximum absolute atomic E-state index is 6.03. The van der Waals surface area contributed by atoms with Gasteiger partial charge in [-0.05, 0) is 48.9 Å². The van der Waals surface area contributed by atoms with Crippen molar-refractivity contribution in [3.8, 4) is 5.75 Å². The Balaban J connectivity index is 2.70. The number of benzene rings is 1. The molecule has 0 aliphatic rings. The van der Waals surface area contributed by atoms with Gasteiger partial charge in [-0.25, -0.2) is 0 Å². The molecule has 0 saturated carbocycles. The summed E-state index contributed by atoms with van der Waals surface area (Å²) in [5.74, 6) is 1.86. The number of hydrogen-bond acceptors (Lipinski definition) is 3. The highest BCUT2D eigenvalue weighted by atomic mass is 127. The first-order chi connectivity index (χ1) is 10.7. The fourth-order valence-corrected chi connectivity index (χ4v) is 3.51. The third kappa shape index (κ3) is 6.42. The van der Waals surface area contributed by atoms with E-state index >= 15 is 0 Å². The third-order valence-electron chi connectivity index (χ3n) is 4.05. The van der Waals surface area contributed by atoms with Crippen LogP contribution < -0.4 is 10.5 Å². The smallest absolute Gasteiger partial charge is 0.119 e. The molecule has 126 valence electrons. The first-order valence-electron chi connectivity index (χ1n) is 8.36. The normalized spacial score (nSPS) is 14.1. The predicted molar refractivity (Wildman–Crippen MR) is 101 cm³/mol. The van der Waals surface area contributed by atoms with Gasteiger partial charge >= 0.3 is 0 Å². The van der Waals surface area contributed by atoms with Crippen LogP contribution in [0.1, 0.15) is 58.1 Å². The fraction of sp³-hybridized carbons (Fsp3) is 0.667. The van der Waals surface area contributed by atoms with E-state index in [1.165, 1.54) is 25.7 Å². The van der Waals surface area contributed by atoms with Crippen molar-refractivity contribution in [2.24, 2.45) is 17.6 Å². The second kappa shape index (κ2) is 11.2. The Hall–Kier alpha value is -0.330. The molecule has 2 atom stereocenters. The molecule has 1 aromatic carbocycles. The molecule has 0 fully saturated rings. The molecule has 1 aromatic rings. The summed E-state index contributed by atoms with van der Waals surface area (Å²) in [7, 11) is 0. The Kier molecular flexibility index (Phi) is 10.1. The van der Waals surface area contributed by atoms with E-state index in [1.807, 2.05) is 35.1 Å². The molecule has 4 heteroatoms. The Morgan fingerprint density at radius 2 is 1.86 bits per heavy atom. The summed E-state index contributed by atoms with van der Waals surface area (Å²) in [6.07, 6.45) is 4.91. The van der Waals surface area contributed by atoms with Crippen LogP contribution >= 0.6 is 23.0 Å². The van der Waals surface area contributed by atoms with E-state index in [2.05, 4.69) is 32.9 Å². The number of ether oxygens (including phenoxy) is 1. The largest absolute Gasteiger partial charge is 0.493 e. The zero-order valence-corrected chi connectivity index (χ0v) is 16.2. The summed E-state index contributed by atoms with van der Waals surface area (Å²) in [5.41, 5.74) is 6.91. The molecule has 0 aromatic heterocycles. The van der Waals surface area contributed by atoms with Crippen LogP contribution in [0.4, 0.5) is 0 Å². The molecule has 0 aliphatic heterocycles. The molecule has 2 N–H and O–H groups in total. The highest BCUT2D eigenvalue weighted by Gasteiger charge is 2.19. The summed E-state index contributed by atoms with van der Waals surface area (Å²) >= 11 is 1.96. The van der Waals surface area contributed by atoms with Crippen LogP contribution in [0.2, 0.25) is 0 Å². The molecule has 22 heavy (non-hydrogen) atoms. The maximum atomic E-state index is 6.03. The van der Waals surface area contributed by atoms with Crippen molar-refractivity contribution in [2.75, 3.05) is 13.2 Å². The second-order valence-electron chi connectivity index (χ2n) is 6.05. The highest BCUT2D eigenvalue weighted by Crippen LogP contribution is 2.30. The second-order valence-corrected chi connectivity index (χ2v) is 6.56. The predicted octanol–water partition coefficient (Wildman–Crippen LogP) is 5.28. The van der Waals surface area contributed by atoms with Gasteiger partial charge in [-0.3, -0.25) is 0 Å². The SMILES string of the molecule is CCCC(CCC)COc1cccc([C@H](OI)[C@H](C)CN)c1. The van der Waals surface area contributed by atoms with Crippen LogP contribution in [0.25, 0.3) is 0 Å². The first-order valence-corrected chi connectivity index (χ1v) is 9.24. The summed E-state index contributed by atoms with van der Waals surface area (Å²) in [5, 5.41) is 0. The molecule has 0 heterocycles. The molecule has 3 nitrogen and oxygen atoms in total. The highest BCUT2D eigenvalue weighted by molar-refractivity contribution is 14.1. The Morgan fingerprint density at radius 3 is 2.41 bits per heavy atom. The van der Waals surface area contributed by atoms with Crippen LogP contribution in [-0.2, 0) is 3.07 Å². The molecule has 0 amide bonds. The van der Waals surface area contributed by atoms with Gasteiger partial charge in [0, 0.05) is 0 Å². The van der Waals surface area contributed by atoms with Gasteiger partial charge < -0.3 is 13.5 Å². The van der Waals surface area contributed by atoms with E-state index < -0.39 is 0 Å². The topological polar surface area (TPSA) is 44.5 Å². The Labute approximate surface area is 149 Å². The maximum Gasteiger partial charge on any atom is 0.119 e. The van der Waals surface area contributed by atoms with Crippen molar-refractivity contribution >= 4 is 23.0 Å². The van der Waals surface area contributed by atoms with Crippen molar-refractivity contribution < 1.29 is 7.80 Å². The van der Waals surface area contributed by atoms with Gasteiger partial charge in [0.2, 0.25) is 0 Å². The number of rotatable bonds is 11. The molecule has 0 unspecified atom stereocenters. The van der Waals surface area contributed by atoms with Gasteiger partial charge in [-0.2, -0.15) is 0 Å². The lowest BCUT2D eigenvalue weighted by Gasteiger charge is -2.21. The Bertz CT molecular complexity index is 408. The summed E-state index contributed by atoms with van der Waals surface area (Å²) in [6, 6.07) is 8.23.